The molecule has 1 amide bonds. The minimum absolute atomic E-state index is 0.138. The zero-order chi connectivity index (χ0) is 17.2. The lowest BCUT2D eigenvalue weighted by Gasteiger charge is -2.14. The van der Waals surface area contributed by atoms with Crippen LogP contribution in [0.25, 0.3) is 5.69 Å². The standard InChI is InChI=1S/C20H20N4O/c1-14(17-9-5-6-12-21-17)22-20(25)19-13-18(15-10-11-15)23-24(19)16-7-3-2-4-8-16/h2-9,12-15H,10-11H2,1H3,(H,22,25)/t14-/m1/s1. The molecule has 1 aliphatic rings. The van der Waals surface area contributed by atoms with E-state index < -0.39 is 0 Å². The van der Waals surface area contributed by atoms with Crippen LogP contribution >= 0.6 is 0 Å². The fourth-order valence-corrected chi connectivity index (χ4v) is 2.88. The Morgan fingerprint density at radius 2 is 1.92 bits per heavy atom. The van der Waals surface area contributed by atoms with Crippen molar-refractivity contribution in [3.63, 3.8) is 0 Å². The number of hydrogen-bond acceptors (Lipinski definition) is 3. The Hall–Kier alpha value is -2.95. The summed E-state index contributed by atoms with van der Waals surface area (Å²) in [6.45, 7) is 1.94. The Morgan fingerprint density at radius 1 is 1.16 bits per heavy atom. The Morgan fingerprint density at radius 3 is 2.60 bits per heavy atom. The molecule has 0 radical (unpaired) electrons. The predicted molar refractivity (Wildman–Crippen MR) is 95.7 cm³/mol. The van der Waals surface area contributed by atoms with Crippen LogP contribution in [0.2, 0.25) is 0 Å². The number of benzene rings is 1. The van der Waals surface area contributed by atoms with E-state index in [0.717, 1.165) is 29.9 Å². The van der Waals surface area contributed by atoms with Crippen molar-refractivity contribution in [2.75, 3.05) is 0 Å². The molecule has 0 spiro atoms. The average molecular weight is 332 g/mol. The van der Waals surface area contributed by atoms with Gasteiger partial charge in [-0.2, -0.15) is 5.10 Å². The van der Waals surface area contributed by atoms with E-state index in [2.05, 4.69) is 15.4 Å². The molecule has 1 saturated carbocycles. The summed E-state index contributed by atoms with van der Waals surface area (Å²) in [6.07, 6.45) is 4.03. The Bertz CT molecular complexity index is 869. The van der Waals surface area contributed by atoms with Crippen LogP contribution < -0.4 is 5.32 Å². The van der Waals surface area contributed by atoms with E-state index in [1.165, 1.54) is 0 Å². The van der Waals surface area contributed by atoms with Crippen molar-refractivity contribution in [3.8, 4) is 5.69 Å². The van der Waals surface area contributed by atoms with Crippen LogP contribution in [-0.4, -0.2) is 20.7 Å². The van der Waals surface area contributed by atoms with E-state index in [9.17, 15) is 4.79 Å². The third-order valence-corrected chi connectivity index (χ3v) is 4.44. The van der Waals surface area contributed by atoms with Crippen LogP contribution in [0.3, 0.4) is 0 Å². The van der Waals surface area contributed by atoms with E-state index in [-0.39, 0.29) is 11.9 Å². The van der Waals surface area contributed by atoms with Crippen LogP contribution in [0.4, 0.5) is 0 Å². The van der Waals surface area contributed by atoms with Gasteiger partial charge in [-0.25, -0.2) is 4.68 Å². The van der Waals surface area contributed by atoms with Crippen LogP contribution in [0.15, 0.2) is 60.8 Å². The number of nitrogens with zero attached hydrogens (tertiary/aromatic N) is 3. The first-order valence-electron chi connectivity index (χ1n) is 8.59. The summed E-state index contributed by atoms with van der Waals surface area (Å²) >= 11 is 0. The summed E-state index contributed by atoms with van der Waals surface area (Å²) in [5.74, 6) is 0.353. The van der Waals surface area contributed by atoms with Crippen molar-refractivity contribution in [2.24, 2.45) is 0 Å². The summed E-state index contributed by atoms with van der Waals surface area (Å²) in [7, 11) is 0. The highest BCUT2D eigenvalue weighted by molar-refractivity contribution is 5.93. The molecule has 1 fully saturated rings. The molecule has 5 heteroatoms. The number of para-hydroxylation sites is 1. The topological polar surface area (TPSA) is 59.8 Å². The number of rotatable bonds is 5. The van der Waals surface area contributed by atoms with E-state index in [1.54, 1.807) is 10.9 Å². The third kappa shape index (κ3) is 3.31. The highest BCUT2D eigenvalue weighted by Gasteiger charge is 2.29. The largest absolute Gasteiger partial charge is 0.343 e. The van der Waals surface area contributed by atoms with Gasteiger partial charge in [0.2, 0.25) is 0 Å². The molecule has 1 N–H and O–H groups in total. The minimum atomic E-state index is -0.169. The number of nitrogens with one attached hydrogen (secondary N) is 1. The number of hydrogen-bond donors (Lipinski definition) is 1. The molecule has 2 aromatic heterocycles. The van der Waals surface area contributed by atoms with Gasteiger partial charge in [0.05, 0.1) is 23.1 Å². The maximum atomic E-state index is 12.9. The first-order valence-corrected chi connectivity index (χ1v) is 8.59. The van der Waals surface area contributed by atoms with Crippen LogP contribution in [0.1, 0.15) is 53.6 Å². The summed E-state index contributed by atoms with van der Waals surface area (Å²) in [6, 6.07) is 17.2. The number of amides is 1. The lowest BCUT2D eigenvalue weighted by molar-refractivity contribution is 0.0931. The zero-order valence-corrected chi connectivity index (χ0v) is 14.1. The monoisotopic (exact) mass is 332 g/mol. The van der Waals surface area contributed by atoms with Gasteiger partial charge in [0.1, 0.15) is 5.69 Å². The molecular weight excluding hydrogens is 312 g/mol. The van der Waals surface area contributed by atoms with Gasteiger partial charge in [-0.1, -0.05) is 24.3 Å². The smallest absolute Gasteiger partial charge is 0.270 e. The zero-order valence-electron chi connectivity index (χ0n) is 14.1. The average Bonchev–Trinajstić information content (AvgIpc) is 3.41. The first-order chi connectivity index (χ1) is 12.2. The number of carbonyl (C=O) groups excluding carboxylic acids is 1. The summed E-state index contributed by atoms with van der Waals surface area (Å²) in [4.78, 5) is 17.2. The summed E-state index contributed by atoms with van der Waals surface area (Å²) in [5, 5.41) is 7.72. The number of carbonyl (C=O) groups is 1. The van der Waals surface area contributed by atoms with E-state index in [0.29, 0.717) is 11.6 Å². The van der Waals surface area contributed by atoms with Gasteiger partial charge in [-0.3, -0.25) is 9.78 Å². The van der Waals surface area contributed by atoms with Crippen molar-refractivity contribution < 1.29 is 4.79 Å². The van der Waals surface area contributed by atoms with Crippen LogP contribution in [-0.2, 0) is 0 Å². The van der Waals surface area contributed by atoms with E-state index in [1.807, 2.05) is 61.5 Å². The molecule has 0 aliphatic heterocycles. The molecule has 0 unspecified atom stereocenters. The molecule has 126 valence electrons. The molecule has 1 atom stereocenters. The van der Waals surface area contributed by atoms with Crippen LogP contribution in [0, 0.1) is 0 Å². The quantitative estimate of drug-likeness (QED) is 0.776. The third-order valence-electron chi connectivity index (χ3n) is 4.44. The lowest BCUT2D eigenvalue weighted by atomic mass is 10.2. The number of pyridine rings is 1. The molecule has 4 rings (SSSR count). The molecule has 0 bridgehead atoms. The maximum absolute atomic E-state index is 12.9. The molecule has 5 nitrogen and oxygen atoms in total. The fraction of sp³-hybridized carbons (Fsp3) is 0.250. The molecule has 3 aromatic rings. The maximum Gasteiger partial charge on any atom is 0.270 e. The molecule has 1 aliphatic carbocycles. The second kappa shape index (κ2) is 6.51. The normalized spacial score (nSPS) is 14.9. The minimum Gasteiger partial charge on any atom is -0.343 e. The Kier molecular flexibility index (Phi) is 4.06. The van der Waals surface area contributed by atoms with Gasteiger partial charge >= 0.3 is 0 Å². The molecule has 0 saturated heterocycles. The van der Waals surface area contributed by atoms with Crippen molar-refractivity contribution >= 4 is 5.91 Å². The second-order valence-electron chi connectivity index (χ2n) is 6.43. The Balaban J connectivity index is 1.63. The molecule has 2 heterocycles. The summed E-state index contributed by atoms with van der Waals surface area (Å²) in [5.41, 5.74) is 3.30. The van der Waals surface area contributed by atoms with E-state index >= 15 is 0 Å². The van der Waals surface area contributed by atoms with E-state index in [4.69, 9.17) is 0 Å². The predicted octanol–water partition coefficient (Wildman–Crippen LogP) is 3.64. The Labute approximate surface area is 146 Å². The van der Waals surface area contributed by atoms with Crippen molar-refractivity contribution in [1.29, 1.82) is 0 Å². The summed E-state index contributed by atoms with van der Waals surface area (Å²) < 4.78 is 1.74. The van der Waals surface area contributed by atoms with Gasteiger partial charge in [0.15, 0.2) is 0 Å². The SMILES string of the molecule is C[C@@H](NC(=O)c1cc(C2CC2)nn1-c1ccccc1)c1ccccn1. The lowest BCUT2D eigenvalue weighted by Crippen LogP contribution is -2.29. The van der Waals surface area contributed by atoms with Gasteiger partial charge in [0, 0.05) is 12.1 Å². The van der Waals surface area contributed by atoms with Gasteiger partial charge < -0.3 is 5.32 Å². The molecule has 1 aromatic carbocycles. The molecule has 25 heavy (non-hydrogen) atoms. The van der Waals surface area contributed by atoms with Crippen LogP contribution in [0.5, 0.6) is 0 Å². The van der Waals surface area contributed by atoms with Crippen molar-refractivity contribution in [3.05, 3.63) is 77.9 Å². The fourth-order valence-electron chi connectivity index (χ4n) is 2.88. The van der Waals surface area contributed by atoms with Gasteiger partial charge in [-0.15, -0.1) is 0 Å². The highest BCUT2D eigenvalue weighted by Crippen LogP contribution is 2.39. The van der Waals surface area contributed by atoms with Crippen molar-refractivity contribution in [1.82, 2.24) is 20.1 Å². The van der Waals surface area contributed by atoms with Crippen molar-refractivity contribution in [2.45, 2.75) is 31.7 Å². The second-order valence-corrected chi connectivity index (χ2v) is 6.43. The first kappa shape index (κ1) is 15.6. The van der Waals surface area contributed by atoms with Gasteiger partial charge in [-0.05, 0) is 50.1 Å². The molecular formula is C20H20N4O. The van der Waals surface area contributed by atoms with Gasteiger partial charge in [0.25, 0.3) is 5.91 Å². The number of aromatic nitrogens is 3. The highest BCUT2D eigenvalue weighted by atomic mass is 16.2.